The smallest absolute Gasteiger partial charge is 0.228 e. The first-order valence-electron chi connectivity index (χ1n) is 7.74. The van der Waals surface area contributed by atoms with E-state index < -0.39 is 0 Å². The molecule has 0 aliphatic rings. The van der Waals surface area contributed by atoms with Gasteiger partial charge in [0.15, 0.2) is 0 Å². The van der Waals surface area contributed by atoms with Gasteiger partial charge in [0.2, 0.25) is 11.7 Å². The molecule has 3 aromatic rings. The summed E-state index contributed by atoms with van der Waals surface area (Å²) in [5.74, 6) is 1.33. The predicted octanol–water partition coefficient (Wildman–Crippen LogP) is 3.43. The van der Waals surface area contributed by atoms with E-state index in [1.54, 1.807) is 11.3 Å². The third kappa shape index (κ3) is 4.24. The molecule has 6 heteroatoms. The van der Waals surface area contributed by atoms with Gasteiger partial charge in [-0.15, -0.1) is 11.3 Å². The normalized spacial score (nSPS) is 11.3. The number of nitrogens with zero attached hydrogens (tertiary/aromatic N) is 4. The number of aryl methyl sites for hydroxylation is 1. The van der Waals surface area contributed by atoms with Gasteiger partial charge in [-0.1, -0.05) is 42.4 Å². The minimum absolute atomic E-state index is 0.651. The zero-order valence-corrected chi connectivity index (χ0v) is 14.2. The van der Waals surface area contributed by atoms with Crippen LogP contribution in [0.15, 0.2) is 41.1 Å². The summed E-state index contributed by atoms with van der Waals surface area (Å²) >= 11 is 1.78. The van der Waals surface area contributed by atoms with E-state index in [9.17, 15) is 0 Å². The van der Waals surface area contributed by atoms with Gasteiger partial charge in [-0.3, -0.25) is 0 Å². The molecule has 0 saturated carbocycles. The van der Waals surface area contributed by atoms with Gasteiger partial charge < -0.3 is 9.42 Å². The van der Waals surface area contributed by atoms with Gasteiger partial charge in [0.1, 0.15) is 0 Å². The van der Waals surface area contributed by atoms with E-state index in [1.807, 2.05) is 36.5 Å². The minimum Gasteiger partial charge on any atom is -0.339 e. The fraction of sp³-hybridized carbons (Fsp3) is 0.353. The second-order valence-corrected chi connectivity index (χ2v) is 6.64. The van der Waals surface area contributed by atoms with Gasteiger partial charge in [0, 0.05) is 36.1 Å². The molecule has 0 N–H and O–H groups in total. The number of likely N-dealkylation sites (N-methyl/N-ethyl adjacent to an activating group) is 1. The lowest BCUT2D eigenvalue weighted by Crippen LogP contribution is -2.20. The first kappa shape index (κ1) is 15.8. The number of rotatable bonds is 7. The van der Waals surface area contributed by atoms with Crippen LogP contribution in [0, 0.1) is 0 Å². The quantitative estimate of drug-likeness (QED) is 0.665. The molecule has 0 aliphatic carbocycles. The average Bonchev–Trinajstić information content (AvgIpc) is 3.23. The Kier molecular flexibility index (Phi) is 5.15. The molecule has 0 atom stereocenters. The van der Waals surface area contributed by atoms with Crippen molar-refractivity contribution in [2.24, 2.45) is 0 Å². The summed E-state index contributed by atoms with van der Waals surface area (Å²) in [5.41, 5.74) is 0.979. The fourth-order valence-electron chi connectivity index (χ4n) is 2.28. The number of aromatic nitrogens is 3. The van der Waals surface area contributed by atoms with Crippen molar-refractivity contribution in [2.75, 3.05) is 13.6 Å². The predicted molar refractivity (Wildman–Crippen MR) is 91.3 cm³/mol. The summed E-state index contributed by atoms with van der Waals surface area (Å²) in [5, 5.41) is 5.24. The van der Waals surface area contributed by atoms with Gasteiger partial charge in [0.05, 0.1) is 5.01 Å². The Morgan fingerprint density at radius 3 is 2.78 bits per heavy atom. The average molecular weight is 328 g/mol. The lowest BCUT2D eigenvalue weighted by atomic mass is 10.2. The van der Waals surface area contributed by atoms with Crippen molar-refractivity contribution in [3.63, 3.8) is 0 Å². The maximum Gasteiger partial charge on any atom is 0.228 e. The molecule has 3 rings (SSSR count). The van der Waals surface area contributed by atoms with Crippen LogP contribution in [0.2, 0.25) is 0 Å². The Balaban J connectivity index is 1.53. The molecule has 0 bridgehead atoms. The molecule has 0 fully saturated rings. The second kappa shape index (κ2) is 7.48. The van der Waals surface area contributed by atoms with E-state index in [2.05, 4.69) is 34.0 Å². The van der Waals surface area contributed by atoms with Crippen LogP contribution in [-0.4, -0.2) is 33.6 Å². The molecule has 120 valence electrons. The molecule has 0 spiro atoms. The van der Waals surface area contributed by atoms with Crippen LogP contribution in [-0.2, 0) is 19.4 Å². The molecule has 0 amide bonds. The molecule has 0 unspecified atom stereocenters. The molecule has 1 aromatic carbocycles. The van der Waals surface area contributed by atoms with E-state index in [0.717, 1.165) is 31.5 Å². The lowest BCUT2D eigenvalue weighted by Gasteiger charge is -2.13. The summed E-state index contributed by atoms with van der Waals surface area (Å²) < 4.78 is 5.34. The summed E-state index contributed by atoms with van der Waals surface area (Å²) in [7, 11) is 2.10. The summed E-state index contributed by atoms with van der Waals surface area (Å²) in [6, 6.07) is 9.88. The van der Waals surface area contributed by atoms with Crippen molar-refractivity contribution in [2.45, 2.75) is 26.3 Å². The van der Waals surface area contributed by atoms with Crippen molar-refractivity contribution < 1.29 is 4.52 Å². The largest absolute Gasteiger partial charge is 0.339 e. The second-order valence-electron chi connectivity index (χ2n) is 5.44. The zero-order chi connectivity index (χ0) is 16.1. The van der Waals surface area contributed by atoms with Crippen molar-refractivity contribution >= 4 is 11.3 Å². The van der Waals surface area contributed by atoms with Crippen molar-refractivity contribution in [3.05, 3.63) is 52.3 Å². The van der Waals surface area contributed by atoms with Crippen LogP contribution in [0.1, 0.15) is 22.7 Å². The molecule has 0 aliphatic heterocycles. The molecule has 2 aromatic heterocycles. The number of thiazole rings is 1. The maximum atomic E-state index is 5.34. The van der Waals surface area contributed by atoms with Crippen LogP contribution in [0.4, 0.5) is 0 Å². The molecule has 23 heavy (non-hydrogen) atoms. The maximum absolute atomic E-state index is 5.34. The van der Waals surface area contributed by atoms with E-state index >= 15 is 0 Å². The van der Waals surface area contributed by atoms with Gasteiger partial charge in [-0.2, -0.15) is 4.98 Å². The number of hydrogen-bond acceptors (Lipinski definition) is 6. The lowest BCUT2D eigenvalue weighted by molar-refractivity contribution is 0.305. The van der Waals surface area contributed by atoms with Crippen LogP contribution < -0.4 is 0 Å². The van der Waals surface area contributed by atoms with Gasteiger partial charge >= 0.3 is 0 Å². The van der Waals surface area contributed by atoms with Crippen molar-refractivity contribution in [1.82, 2.24) is 20.0 Å². The summed E-state index contributed by atoms with van der Waals surface area (Å²) in [6.45, 7) is 3.90. The molecule has 0 saturated heterocycles. The van der Waals surface area contributed by atoms with Crippen molar-refractivity contribution in [3.8, 4) is 11.4 Å². The highest BCUT2D eigenvalue weighted by Crippen LogP contribution is 2.16. The van der Waals surface area contributed by atoms with E-state index in [4.69, 9.17) is 4.52 Å². The van der Waals surface area contributed by atoms with Crippen LogP contribution >= 0.6 is 11.3 Å². The van der Waals surface area contributed by atoms with Gasteiger partial charge in [-0.25, -0.2) is 4.98 Å². The highest BCUT2D eigenvalue weighted by molar-refractivity contribution is 7.11. The standard InChI is InChI=1S/C17H20N4OS/c1-3-16-18-11-14(23-16)12-21(2)10-9-15-19-17(20-22-15)13-7-5-4-6-8-13/h4-8,11H,3,9-10,12H2,1-2H3. The van der Waals surface area contributed by atoms with E-state index in [0.29, 0.717) is 11.7 Å². The fourth-order valence-corrected chi connectivity index (χ4v) is 3.22. The minimum atomic E-state index is 0.651. The van der Waals surface area contributed by atoms with Crippen LogP contribution in [0.3, 0.4) is 0 Å². The SMILES string of the molecule is CCc1ncc(CN(C)CCc2nc(-c3ccccc3)no2)s1. The molecule has 5 nitrogen and oxygen atoms in total. The van der Waals surface area contributed by atoms with Gasteiger partial charge in [0.25, 0.3) is 0 Å². The third-order valence-electron chi connectivity index (χ3n) is 3.54. The molecular weight excluding hydrogens is 308 g/mol. The Hall–Kier alpha value is -2.05. The first-order valence-corrected chi connectivity index (χ1v) is 8.56. The Bertz CT molecular complexity index is 738. The molecular formula is C17H20N4OS. The summed E-state index contributed by atoms with van der Waals surface area (Å²) in [4.78, 5) is 12.4. The van der Waals surface area contributed by atoms with E-state index in [-0.39, 0.29) is 0 Å². The Morgan fingerprint density at radius 2 is 2.04 bits per heavy atom. The number of hydrogen-bond donors (Lipinski definition) is 0. The molecule has 0 radical (unpaired) electrons. The van der Waals surface area contributed by atoms with E-state index in [1.165, 1.54) is 9.88 Å². The Morgan fingerprint density at radius 1 is 1.22 bits per heavy atom. The van der Waals surface area contributed by atoms with Crippen molar-refractivity contribution in [1.29, 1.82) is 0 Å². The van der Waals surface area contributed by atoms with Gasteiger partial charge in [-0.05, 0) is 13.5 Å². The monoisotopic (exact) mass is 328 g/mol. The first-order chi connectivity index (χ1) is 11.2. The van der Waals surface area contributed by atoms with Crippen LogP contribution in [0.25, 0.3) is 11.4 Å². The number of benzene rings is 1. The third-order valence-corrected chi connectivity index (χ3v) is 4.66. The highest BCUT2D eigenvalue weighted by atomic mass is 32.1. The highest BCUT2D eigenvalue weighted by Gasteiger charge is 2.10. The topological polar surface area (TPSA) is 55.1 Å². The molecule has 2 heterocycles. The van der Waals surface area contributed by atoms with Crippen LogP contribution in [0.5, 0.6) is 0 Å². The summed E-state index contributed by atoms with van der Waals surface area (Å²) in [6.07, 6.45) is 3.72. The Labute approximate surface area is 140 Å². The zero-order valence-electron chi connectivity index (χ0n) is 13.4.